The van der Waals surface area contributed by atoms with E-state index in [9.17, 15) is 0 Å². The molecule has 0 saturated heterocycles. The first kappa shape index (κ1) is 79.3. The van der Waals surface area contributed by atoms with Crippen LogP contribution in [0.25, 0.3) is 112 Å². The van der Waals surface area contributed by atoms with E-state index in [0.717, 1.165) is 79.2 Å². The van der Waals surface area contributed by atoms with Crippen molar-refractivity contribution < 1.29 is 46.3 Å². The van der Waals surface area contributed by atoms with Crippen LogP contribution in [-0.4, -0.2) is 24.9 Å². The standard InChI is InChI=1S/2C19H23N2O.2C17H19N2O.C16H17N2O.3CH4/c2*1-11(2)19-20-18-17(22-19)8-7-16(21(18)6)15-10-12(3)9-13(4)14(15)5;2*1-10-8-11(2)12(3)14(9-10)15-6-7-16-17(19(15)5)18-13(4)20-16;1-10-7-11(2)12(3)13(8-10)14-5-6-15-16(18(14)4)17-9-19-15;;;/h2*7-11H,1-6H3;2*6-9H,1-5H3;5-9H,1-4H3;3*1H4/q5*+1;;;/i11D;;;;;;;. The van der Waals surface area contributed by atoms with Crippen molar-refractivity contribution in [2.24, 2.45) is 35.2 Å². The van der Waals surface area contributed by atoms with E-state index in [-0.39, 0.29) is 22.3 Å². The number of hydrogen-bond acceptors (Lipinski definition) is 10. The number of oxazole rings is 5. The highest BCUT2D eigenvalue weighted by Crippen LogP contribution is 2.33. The molecule has 0 aliphatic heterocycles. The zero-order valence-electron chi connectivity index (χ0n) is 66.2. The number of fused-ring (bicyclic) bond motifs is 5. The number of benzene rings is 5. The van der Waals surface area contributed by atoms with Gasteiger partial charge in [-0.1, -0.05) is 108 Å². The number of pyridine rings is 5. The zero-order valence-corrected chi connectivity index (χ0v) is 65.2. The SMILES string of the molecule is C.C.C.Cc1cc(C)c(C)c(-c2ccc3oc(C(C)C)nc3[n+]2C)c1.Cc1cc(C)c(C)c(-c2ccc3oc(C)nc3[n+]2C)c1.Cc1cc(C)c(C)c(-c2ccc3oc(C)nc3[n+]2C)c1.Cc1cc(C)c(C)c(-c2ccc3ocnc3[n+]2C)c1.[2H]C(C)(C)c1nc2c(ccc(-c3cc(C)cc(C)c3C)[n+]2C)o1. The molecule has 0 radical (unpaired) electrons. The van der Waals surface area contributed by atoms with Gasteiger partial charge in [-0.25, -0.2) is 22.8 Å². The van der Waals surface area contributed by atoms with Crippen LogP contribution < -0.4 is 22.8 Å². The summed E-state index contributed by atoms with van der Waals surface area (Å²) in [4.78, 5) is 22.4. The number of rotatable bonds is 7. The Bertz CT molecular complexity index is 5680. The van der Waals surface area contributed by atoms with Crippen molar-refractivity contribution in [3.8, 4) is 56.3 Å². The fourth-order valence-corrected chi connectivity index (χ4v) is 13.8. The third kappa shape index (κ3) is 16.3. The fraction of sp³-hybridized carbons (Fsp3) is 0.341. The molecule has 0 spiro atoms. The third-order valence-electron chi connectivity index (χ3n) is 20.1. The summed E-state index contributed by atoms with van der Waals surface area (Å²) in [6.45, 7) is 43.8. The number of aryl methyl sites for hydroxylation is 17. The molecule has 0 saturated carbocycles. The molecule has 0 unspecified atom stereocenters. The molecule has 0 bridgehead atoms. The molecule has 15 aromatic rings. The van der Waals surface area contributed by atoms with Gasteiger partial charge in [0.15, 0.2) is 0 Å². The lowest BCUT2D eigenvalue weighted by atomic mass is 9.97. The maximum absolute atomic E-state index is 8.12. The predicted molar refractivity (Wildman–Crippen MR) is 432 cm³/mol. The molecule has 106 heavy (non-hydrogen) atoms. The van der Waals surface area contributed by atoms with Gasteiger partial charge in [-0.2, -0.15) is 0 Å². The Morgan fingerprint density at radius 2 is 0.547 bits per heavy atom. The fourth-order valence-electron chi connectivity index (χ4n) is 13.8. The Hall–Kier alpha value is -10.8. The Kier molecular flexibility index (Phi) is 24.5. The smallest absolute Gasteiger partial charge is 0.370 e. The molecule has 10 heterocycles. The van der Waals surface area contributed by atoms with E-state index in [2.05, 4.69) is 264 Å². The quantitative estimate of drug-likeness (QED) is 0.141. The molecular formula is C91H113N10O5+5. The molecule has 0 fully saturated rings. The summed E-state index contributed by atoms with van der Waals surface area (Å²) in [6.07, 6.45) is 1.49. The lowest BCUT2D eigenvalue weighted by molar-refractivity contribution is -0.635. The Labute approximate surface area is 629 Å². The van der Waals surface area contributed by atoms with Crippen molar-refractivity contribution in [1.82, 2.24) is 24.9 Å². The van der Waals surface area contributed by atoms with Gasteiger partial charge in [-0.15, -0.1) is 0 Å². The molecule has 0 aliphatic rings. The summed E-state index contributed by atoms with van der Waals surface area (Å²) >= 11 is 0. The summed E-state index contributed by atoms with van der Waals surface area (Å²) in [5.41, 5.74) is 39.8. The van der Waals surface area contributed by atoms with E-state index in [1.165, 1.54) is 123 Å². The number of aromatic nitrogens is 10. The van der Waals surface area contributed by atoms with Crippen molar-refractivity contribution in [2.75, 3.05) is 0 Å². The topological polar surface area (TPSA) is 150 Å². The molecule has 0 amide bonds. The highest BCUT2D eigenvalue weighted by Gasteiger charge is 2.27. The largest absolute Gasteiger partial charge is 0.417 e. The second-order valence-electron chi connectivity index (χ2n) is 28.6. The van der Waals surface area contributed by atoms with Gasteiger partial charge >= 0.3 is 51.8 Å². The van der Waals surface area contributed by atoms with Crippen molar-refractivity contribution in [1.29, 1.82) is 0 Å². The summed E-state index contributed by atoms with van der Waals surface area (Å²) in [6, 6.07) is 42.7. The summed E-state index contributed by atoms with van der Waals surface area (Å²) < 4.78 is 46.7. The number of nitrogens with zero attached hydrogens (tertiary/aromatic N) is 10. The second-order valence-corrected chi connectivity index (χ2v) is 28.6. The highest BCUT2D eigenvalue weighted by atomic mass is 16.4. The maximum Gasteiger partial charge on any atom is 0.370 e. The molecule has 0 aliphatic carbocycles. The molecule has 0 N–H and O–H groups in total. The summed E-state index contributed by atoms with van der Waals surface area (Å²) in [7, 11) is 10.2. The third-order valence-corrected chi connectivity index (χ3v) is 20.1. The lowest BCUT2D eigenvalue weighted by Crippen LogP contribution is -2.32. The van der Waals surface area contributed by atoms with Gasteiger partial charge < -0.3 is 22.1 Å². The second kappa shape index (κ2) is 32.7. The predicted octanol–water partition coefficient (Wildman–Crippen LogP) is 21.0. The van der Waals surface area contributed by atoms with E-state index in [0.29, 0.717) is 29.2 Å². The van der Waals surface area contributed by atoms with Crippen LogP contribution in [0.2, 0.25) is 0 Å². The van der Waals surface area contributed by atoms with Crippen LogP contribution in [-0.2, 0) is 35.2 Å². The van der Waals surface area contributed by atoms with Crippen LogP contribution in [0.15, 0.2) is 150 Å². The van der Waals surface area contributed by atoms with Crippen LogP contribution in [0.5, 0.6) is 0 Å². The molecule has 15 rings (SSSR count). The van der Waals surface area contributed by atoms with Crippen LogP contribution >= 0.6 is 0 Å². The van der Waals surface area contributed by atoms with Crippen molar-refractivity contribution in [3.63, 3.8) is 0 Å². The van der Waals surface area contributed by atoms with Gasteiger partial charge in [0.1, 0.15) is 28.5 Å². The highest BCUT2D eigenvalue weighted by molar-refractivity contribution is 5.76. The van der Waals surface area contributed by atoms with Gasteiger partial charge in [-0.05, 0) is 275 Å². The zero-order chi connectivity index (χ0) is 75.4. The molecule has 15 nitrogen and oxygen atoms in total. The first-order chi connectivity index (χ1) is 49.1. The normalized spacial score (nSPS) is 11.3. The molecule has 5 aromatic carbocycles. The van der Waals surface area contributed by atoms with Gasteiger partial charge in [0, 0.05) is 43.0 Å². The Morgan fingerprint density at radius 1 is 0.302 bits per heavy atom. The van der Waals surface area contributed by atoms with Crippen molar-refractivity contribution in [3.05, 3.63) is 235 Å². The van der Waals surface area contributed by atoms with Gasteiger partial charge in [0.05, 0.1) is 47.1 Å². The van der Waals surface area contributed by atoms with Crippen LogP contribution in [0.4, 0.5) is 0 Å². The molecule has 10 aromatic heterocycles. The molecule has 552 valence electrons. The molecule has 15 heteroatoms. The Balaban J connectivity index is 0.000000168. The number of hydrogen-bond donors (Lipinski definition) is 0. The minimum atomic E-state index is -0.845. The molecular weight excluding hydrogens is 1310 g/mol. The summed E-state index contributed by atoms with van der Waals surface area (Å²) in [5, 5.41) is 0. The average Bonchev–Trinajstić information content (AvgIpc) is 1.63. The van der Waals surface area contributed by atoms with Gasteiger partial charge in [0.25, 0.3) is 6.39 Å². The summed E-state index contributed by atoms with van der Waals surface area (Å²) in [5.74, 6) is 2.08. The van der Waals surface area contributed by atoms with E-state index < -0.39 is 5.89 Å². The molecule has 0 atom stereocenters. The van der Waals surface area contributed by atoms with Crippen molar-refractivity contribution >= 4 is 56.2 Å². The van der Waals surface area contributed by atoms with E-state index >= 15 is 0 Å². The minimum absolute atomic E-state index is 0. The van der Waals surface area contributed by atoms with E-state index in [4.69, 9.17) is 23.5 Å². The first-order valence-electron chi connectivity index (χ1n) is 35.8. The average molecular weight is 1430 g/mol. The van der Waals surface area contributed by atoms with E-state index in [1.807, 2.05) is 72.4 Å². The van der Waals surface area contributed by atoms with E-state index in [1.54, 1.807) is 13.8 Å². The van der Waals surface area contributed by atoms with Crippen LogP contribution in [0.1, 0.15) is 170 Å². The van der Waals surface area contributed by atoms with Gasteiger partial charge in [0.2, 0.25) is 27.9 Å². The van der Waals surface area contributed by atoms with Crippen molar-refractivity contribution in [2.45, 2.75) is 179 Å². The monoisotopic (exact) mass is 1430 g/mol. The minimum Gasteiger partial charge on any atom is -0.417 e. The van der Waals surface area contributed by atoms with Crippen LogP contribution in [0, 0.1) is 118 Å². The maximum atomic E-state index is 8.12. The Morgan fingerprint density at radius 3 is 0.830 bits per heavy atom. The first-order valence-corrected chi connectivity index (χ1v) is 35.3. The lowest BCUT2D eigenvalue weighted by Gasteiger charge is -2.10. The van der Waals surface area contributed by atoms with Gasteiger partial charge in [-0.3, -0.25) is 0 Å². The van der Waals surface area contributed by atoms with Crippen LogP contribution in [0.3, 0.4) is 0 Å².